The first kappa shape index (κ1) is 20.8. The Kier molecular flexibility index (Phi) is 7.41. The monoisotopic (exact) mass is 522 g/mol. The highest BCUT2D eigenvalue weighted by Gasteiger charge is 2.18. The van der Waals surface area contributed by atoms with E-state index in [1.807, 2.05) is 48.5 Å². The van der Waals surface area contributed by atoms with E-state index >= 15 is 0 Å². The minimum atomic E-state index is -0.349. The van der Waals surface area contributed by atoms with Gasteiger partial charge < -0.3 is 15.4 Å². The zero-order valence-corrected chi connectivity index (χ0v) is 19.0. The van der Waals surface area contributed by atoms with Gasteiger partial charge in [0.05, 0.1) is 17.9 Å². The molecule has 0 fully saturated rings. The van der Waals surface area contributed by atoms with E-state index in [0.717, 1.165) is 20.6 Å². The molecule has 0 bridgehead atoms. The average molecular weight is 522 g/mol. The van der Waals surface area contributed by atoms with Crippen LogP contribution in [0.3, 0.4) is 0 Å². The highest BCUT2D eigenvalue weighted by Crippen LogP contribution is 2.31. The summed E-state index contributed by atoms with van der Waals surface area (Å²) in [4.78, 5) is 13.5. The number of nitrogens with one attached hydrogen (secondary N) is 2. The number of rotatable bonds is 6. The quantitative estimate of drug-likeness (QED) is 0.239. The first-order valence-corrected chi connectivity index (χ1v) is 11.0. The molecule has 0 saturated heterocycles. The van der Waals surface area contributed by atoms with E-state index in [4.69, 9.17) is 17.0 Å². The lowest BCUT2D eigenvalue weighted by Gasteiger charge is -2.11. The third kappa shape index (κ3) is 5.52. The molecule has 2 aromatic carbocycles. The molecule has 0 saturated carbocycles. The van der Waals surface area contributed by atoms with Gasteiger partial charge in [-0.05, 0) is 65.5 Å². The van der Waals surface area contributed by atoms with Crippen molar-refractivity contribution in [2.45, 2.75) is 13.3 Å². The van der Waals surface area contributed by atoms with Crippen molar-refractivity contribution in [1.29, 1.82) is 0 Å². The van der Waals surface area contributed by atoms with Crippen LogP contribution in [0.5, 0.6) is 0 Å². The maximum Gasteiger partial charge on any atom is 0.341 e. The van der Waals surface area contributed by atoms with Crippen LogP contribution in [0.2, 0.25) is 0 Å². The third-order valence-corrected chi connectivity index (χ3v) is 6.04. The van der Waals surface area contributed by atoms with Crippen LogP contribution in [-0.4, -0.2) is 17.7 Å². The molecule has 4 nitrogen and oxygen atoms in total. The molecule has 0 atom stereocenters. The Morgan fingerprint density at radius 1 is 1.11 bits per heavy atom. The van der Waals surface area contributed by atoms with Gasteiger partial charge in [-0.2, -0.15) is 0 Å². The molecule has 0 aliphatic rings. The molecule has 1 heterocycles. The molecule has 144 valence electrons. The Morgan fingerprint density at radius 3 is 2.54 bits per heavy atom. The van der Waals surface area contributed by atoms with Crippen molar-refractivity contribution in [2.75, 3.05) is 17.2 Å². The SMILES string of the molecule is CCOC(=O)c1cc(Cc2ccccc2)sc1NC(=S)Nc1ccccc1I. The van der Waals surface area contributed by atoms with E-state index in [1.165, 1.54) is 16.9 Å². The molecule has 2 N–H and O–H groups in total. The molecule has 0 spiro atoms. The van der Waals surface area contributed by atoms with Crippen molar-refractivity contribution >= 4 is 67.9 Å². The van der Waals surface area contributed by atoms with Crippen LogP contribution in [-0.2, 0) is 11.2 Å². The Hall–Kier alpha value is -1.97. The summed E-state index contributed by atoms with van der Waals surface area (Å²) in [5, 5.41) is 7.47. The van der Waals surface area contributed by atoms with Gasteiger partial charge >= 0.3 is 5.97 Å². The third-order valence-electron chi connectivity index (χ3n) is 3.85. The maximum absolute atomic E-state index is 12.4. The number of halogens is 1. The van der Waals surface area contributed by atoms with Crippen LogP contribution in [0.25, 0.3) is 0 Å². The van der Waals surface area contributed by atoms with Gasteiger partial charge in [0.15, 0.2) is 5.11 Å². The summed E-state index contributed by atoms with van der Waals surface area (Å²) < 4.78 is 6.27. The standard InChI is InChI=1S/C21H19IN2O2S2/c1-2-26-20(25)16-13-15(12-14-8-4-3-5-9-14)28-19(16)24-21(27)23-18-11-7-6-10-17(18)22/h3-11,13H,2,12H2,1H3,(H2,23,24,27). The van der Waals surface area contributed by atoms with Gasteiger partial charge in [0, 0.05) is 14.9 Å². The van der Waals surface area contributed by atoms with Crippen LogP contribution in [0, 0.1) is 3.57 Å². The van der Waals surface area contributed by atoms with Crippen molar-refractivity contribution in [2.24, 2.45) is 0 Å². The van der Waals surface area contributed by atoms with Crippen LogP contribution < -0.4 is 10.6 Å². The minimum Gasteiger partial charge on any atom is -0.462 e. The number of para-hydroxylation sites is 1. The van der Waals surface area contributed by atoms with Crippen molar-refractivity contribution in [3.63, 3.8) is 0 Å². The second-order valence-electron chi connectivity index (χ2n) is 5.90. The lowest BCUT2D eigenvalue weighted by atomic mass is 10.1. The highest BCUT2D eigenvalue weighted by atomic mass is 127. The number of thiocarbonyl (C=S) groups is 1. The first-order valence-electron chi connectivity index (χ1n) is 8.73. The molecular formula is C21H19IN2O2S2. The van der Waals surface area contributed by atoms with Gasteiger partial charge in [-0.1, -0.05) is 42.5 Å². The van der Waals surface area contributed by atoms with E-state index in [-0.39, 0.29) is 5.97 Å². The zero-order chi connectivity index (χ0) is 19.9. The summed E-state index contributed by atoms with van der Waals surface area (Å²) in [5.74, 6) is -0.349. The first-order chi connectivity index (χ1) is 13.6. The van der Waals surface area contributed by atoms with Crippen LogP contribution in [0.4, 0.5) is 10.7 Å². The minimum absolute atomic E-state index is 0.326. The highest BCUT2D eigenvalue weighted by molar-refractivity contribution is 14.1. The smallest absolute Gasteiger partial charge is 0.341 e. The summed E-state index contributed by atoms with van der Waals surface area (Å²) in [5.41, 5.74) is 2.61. The number of carbonyl (C=O) groups is 1. The van der Waals surface area contributed by atoms with Gasteiger partial charge in [-0.25, -0.2) is 4.79 Å². The van der Waals surface area contributed by atoms with E-state index in [9.17, 15) is 4.79 Å². The molecule has 28 heavy (non-hydrogen) atoms. The van der Waals surface area contributed by atoms with Gasteiger partial charge in [0.25, 0.3) is 0 Å². The number of thiophene rings is 1. The number of anilines is 2. The largest absolute Gasteiger partial charge is 0.462 e. The number of esters is 1. The summed E-state index contributed by atoms with van der Waals surface area (Å²) in [6.07, 6.45) is 0.746. The van der Waals surface area contributed by atoms with Crippen LogP contribution >= 0.6 is 46.1 Å². The predicted molar refractivity (Wildman–Crippen MR) is 129 cm³/mol. The van der Waals surface area contributed by atoms with Crippen molar-refractivity contribution in [3.8, 4) is 0 Å². The van der Waals surface area contributed by atoms with Crippen molar-refractivity contribution < 1.29 is 9.53 Å². The van der Waals surface area contributed by atoms with E-state index < -0.39 is 0 Å². The molecular weight excluding hydrogens is 503 g/mol. The number of hydrogen-bond acceptors (Lipinski definition) is 4. The fourth-order valence-electron chi connectivity index (χ4n) is 2.60. The number of carbonyl (C=O) groups excluding carboxylic acids is 1. The average Bonchev–Trinajstić information content (AvgIpc) is 3.07. The normalized spacial score (nSPS) is 10.4. The molecule has 0 aliphatic carbocycles. The topological polar surface area (TPSA) is 50.4 Å². The van der Waals surface area contributed by atoms with E-state index in [0.29, 0.717) is 22.3 Å². The predicted octanol–water partition coefficient (Wildman–Crippen LogP) is 5.93. The Morgan fingerprint density at radius 2 is 1.82 bits per heavy atom. The van der Waals surface area contributed by atoms with Gasteiger partial charge in [0.2, 0.25) is 0 Å². The summed E-state index contributed by atoms with van der Waals surface area (Å²) in [6.45, 7) is 2.12. The molecule has 3 rings (SSSR count). The second kappa shape index (κ2) is 9.99. The van der Waals surface area contributed by atoms with Crippen molar-refractivity contribution in [1.82, 2.24) is 0 Å². The molecule has 3 aromatic rings. The van der Waals surface area contributed by atoms with Gasteiger partial charge in [0.1, 0.15) is 5.00 Å². The lowest BCUT2D eigenvalue weighted by molar-refractivity contribution is 0.0528. The molecule has 0 unspecified atom stereocenters. The van der Waals surface area contributed by atoms with E-state index in [1.54, 1.807) is 6.92 Å². The zero-order valence-electron chi connectivity index (χ0n) is 15.2. The Bertz CT molecular complexity index is 974. The summed E-state index contributed by atoms with van der Waals surface area (Å²) in [7, 11) is 0. The fraction of sp³-hybridized carbons (Fsp3) is 0.143. The number of hydrogen-bond donors (Lipinski definition) is 2. The summed E-state index contributed by atoms with van der Waals surface area (Å²) >= 11 is 9.21. The number of benzene rings is 2. The second-order valence-corrected chi connectivity index (χ2v) is 8.60. The van der Waals surface area contributed by atoms with Crippen LogP contribution in [0.15, 0.2) is 60.7 Å². The lowest BCUT2D eigenvalue weighted by Crippen LogP contribution is -2.20. The van der Waals surface area contributed by atoms with Crippen LogP contribution in [0.1, 0.15) is 27.7 Å². The summed E-state index contributed by atoms with van der Waals surface area (Å²) in [6, 6.07) is 19.9. The maximum atomic E-state index is 12.4. The molecule has 0 amide bonds. The molecule has 0 radical (unpaired) electrons. The molecule has 0 aliphatic heterocycles. The number of ether oxygens (including phenoxy) is 1. The van der Waals surface area contributed by atoms with Gasteiger partial charge in [-0.15, -0.1) is 11.3 Å². The fourth-order valence-corrected chi connectivity index (χ4v) is 4.48. The van der Waals surface area contributed by atoms with E-state index in [2.05, 4.69) is 45.4 Å². The van der Waals surface area contributed by atoms with Crippen molar-refractivity contribution in [3.05, 3.63) is 80.2 Å². The molecule has 7 heteroatoms. The van der Waals surface area contributed by atoms with Gasteiger partial charge in [-0.3, -0.25) is 0 Å². The Labute approximate surface area is 187 Å². The molecule has 1 aromatic heterocycles. The Balaban J connectivity index is 1.80.